The minimum atomic E-state index is -0.279. The Morgan fingerprint density at radius 3 is 2.30 bits per heavy atom. The number of anilines is 1. The van der Waals surface area contributed by atoms with Crippen LogP contribution in [0, 0.1) is 5.82 Å². The van der Waals surface area contributed by atoms with E-state index < -0.39 is 0 Å². The van der Waals surface area contributed by atoms with Crippen molar-refractivity contribution >= 4 is 16.6 Å². The molecule has 9 heteroatoms. The van der Waals surface area contributed by atoms with Crippen LogP contribution in [0.15, 0.2) is 60.7 Å². The minimum absolute atomic E-state index is 0.259. The molecular weight excluding hydrogens is 557 g/mol. The van der Waals surface area contributed by atoms with Crippen molar-refractivity contribution in [2.24, 2.45) is 0 Å². The molecule has 0 saturated carbocycles. The fourth-order valence-electron chi connectivity index (χ4n) is 6.25. The summed E-state index contributed by atoms with van der Waals surface area (Å²) in [7, 11) is 3.33. The standard InChI is InChI=1S/C35H42FN5O3/c1-42-28-9-7-26(8-10-28)34-30-12-11-29(43-2)23-31(30)35(39-38-34)37-27-14-19-41(20-15-27)24-25-6-13-33(32(36)22-25)44-21-5-18-40-16-3-4-17-40/h6-13,22-23,27H,3-5,14-21,24H2,1-2H3,(H,37,39). The van der Waals surface area contributed by atoms with Gasteiger partial charge in [0.05, 0.1) is 20.8 Å². The molecule has 0 atom stereocenters. The summed E-state index contributed by atoms with van der Waals surface area (Å²) in [4.78, 5) is 4.83. The highest BCUT2D eigenvalue weighted by molar-refractivity contribution is 6.00. The van der Waals surface area contributed by atoms with Crippen LogP contribution in [0.25, 0.3) is 22.0 Å². The number of nitrogens with one attached hydrogen (secondary N) is 1. The van der Waals surface area contributed by atoms with E-state index in [9.17, 15) is 4.39 Å². The number of nitrogens with zero attached hydrogens (tertiary/aromatic N) is 4. The summed E-state index contributed by atoms with van der Waals surface area (Å²) >= 11 is 0. The number of methoxy groups -OCH3 is 2. The lowest BCUT2D eigenvalue weighted by Crippen LogP contribution is -2.38. The number of fused-ring (bicyclic) bond motifs is 1. The lowest BCUT2D eigenvalue weighted by Gasteiger charge is -2.32. The maximum absolute atomic E-state index is 14.8. The van der Waals surface area contributed by atoms with E-state index in [0.29, 0.717) is 12.4 Å². The Labute approximate surface area is 259 Å². The van der Waals surface area contributed by atoms with Gasteiger partial charge in [-0.05, 0) is 105 Å². The maximum Gasteiger partial charge on any atom is 0.165 e. The monoisotopic (exact) mass is 599 g/mol. The van der Waals surface area contributed by atoms with Gasteiger partial charge in [-0.15, -0.1) is 10.2 Å². The van der Waals surface area contributed by atoms with E-state index in [1.54, 1.807) is 26.4 Å². The smallest absolute Gasteiger partial charge is 0.165 e. The third-order valence-corrected chi connectivity index (χ3v) is 8.76. The summed E-state index contributed by atoms with van der Waals surface area (Å²) in [6, 6.07) is 19.5. The van der Waals surface area contributed by atoms with E-state index in [2.05, 4.69) is 25.3 Å². The van der Waals surface area contributed by atoms with Crippen molar-refractivity contribution in [2.75, 3.05) is 58.9 Å². The van der Waals surface area contributed by atoms with Crippen LogP contribution in [0.4, 0.5) is 10.2 Å². The van der Waals surface area contributed by atoms with Crippen molar-refractivity contribution < 1.29 is 18.6 Å². The van der Waals surface area contributed by atoms with Gasteiger partial charge in [-0.3, -0.25) is 4.90 Å². The van der Waals surface area contributed by atoms with Gasteiger partial charge in [0.1, 0.15) is 17.2 Å². The number of likely N-dealkylation sites (tertiary alicyclic amines) is 2. The number of aromatic nitrogens is 2. The number of hydrogen-bond donors (Lipinski definition) is 1. The molecule has 3 aromatic carbocycles. The Bertz CT molecular complexity index is 1540. The average molecular weight is 600 g/mol. The number of halogens is 1. The maximum atomic E-state index is 14.8. The molecule has 6 rings (SSSR count). The SMILES string of the molecule is COc1ccc(-c2nnc(NC3CCN(Cc4ccc(OCCCN5CCCC5)c(F)c4)CC3)c3cc(OC)ccc23)cc1. The molecular formula is C35H42FN5O3. The molecule has 0 spiro atoms. The number of rotatable bonds is 12. The summed E-state index contributed by atoms with van der Waals surface area (Å²) < 4.78 is 31.4. The van der Waals surface area contributed by atoms with Gasteiger partial charge in [-0.1, -0.05) is 6.07 Å². The molecule has 3 heterocycles. The molecule has 2 aliphatic rings. The number of hydrogen-bond acceptors (Lipinski definition) is 8. The molecule has 0 aliphatic carbocycles. The molecule has 1 aromatic heterocycles. The third kappa shape index (κ3) is 7.22. The number of ether oxygens (including phenoxy) is 3. The summed E-state index contributed by atoms with van der Waals surface area (Å²) in [5, 5.41) is 14.9. The fourth-order valence-corrected chi connectivity index (χ4v) is 6.25. The lowest BCUT2D eigenvalue weighted by molar-refractivity contribution is 0.210. The highest BCUT2D eigenvalue weighted by Gasteiger charge is 2.22. The van der Waals surface area contributed by atoms with Gasteiger partial charge < -0.3 is 24.4 Å². The van der Waals surface area contributed by atoms with Crippen LogP contribution in [0.5, 0.6) is 17.2 Å². The first kappa shape index (κ1) is 30.1. The van der Waals surface area contributed by atoms with Crippen molar-refractivity contribution in [3.8, 4) is 28.5 Å². The summed E-state index contributed by atoms with van der Waals surface area (Å²) in [5.41, 5.74) is 2.76. The van der Waals surface area contributed by atoms with Crippen LogP contribution in [-0.4, -0.2) is 79.6 Å². The van der Waals surface area contributed by atoms with Crippen molar-refractivity contribution in [3.63, 3.8) is 0 Å². The summed E-state index contributed by atoms with van der Waals surface area (Å²) in [6.45, 7) is 6.46. The van der Waals surface area contributed by atoms with Crippen molar-refractivity contribution in [2.45, 2.75) is 44.7 Å². The van der Waals surface area contributed by atoms with Crippen LogP contribution in [-0.2, 0) is 6.54 Å². The molecule has 0 radical (unpaired) electrons. The van der Waals surface area contributed by atoms with E-state index >= 15 is 0 Å². The van der Waals surface area contributed by atoms with Crippen molar-refractivity contribution in [1.82, 2.24) is 20.0 Å². The van der Waals surface area contributed by atoms with E-state index in [1.807, 2.05) is 48.5 Å². The molecule has 0 amide bonds. The van der Waals surface area contributed by atoms with Gasteiger partial charge in [-0.2, -0.15) is 0 Å². The van der Waals surface area contributed by atoms with Crippen LogP contribution >= 0.6 is 0 Å². The Morgan fingerprint density at radius 1 is 0.818 bits per heavy atom. The predicted molar refractivity (Wildman–Crippen MR) is 172 cm³/mol. The van der Waals surface area contributed by atoms with Crippen molar-refractivity contribution in [3.05, 3.63) is 72.0 Å². The molecule has 0 bridgehead atoms. The van der Waals surface area contributed by atoms with Gasteiger partial charge in [0.2, 0.25) is 0 Å². The highest BCUT2D eigenvalue weighted by Crippen LogP contribution is 2.34. The Balaban J connectivity index is 1.05. The van der Waals surface area contributed by atoms with Gasteiger partial charge in [0.25, 0.3) is 0 Å². The van der Waals surface area contributed by atoms with Gasteiger partial charge in [-0.25, -0.2) is 4.39 Å². The van der Waals surface area contributed by atoms with Crippen LogP contribution in [0.2, 0.25) is 0 Å². The van der Waals surface area contributed by atoms with Crippen LogP contribution in [0.3, 0.4) is 0 Å². The first-order chi connectivity index (χ1) is 21.6. The van der Waals surface area contributed by atoms with E-state index in [-0.39, 0.29) is 11.9 Å². The zero-order chi connectivity index (χ0) is 30.3. The van der Waals surface area contributed by atoms with Crippen LogP contribution in [0.1, 0.15) is 37.7 Å². The second kappa shape index (κ2) is 14.2. The molecule has 232 valence electrons. The summed E-state index contributed by atoms with van der Waals surface area (Å²) in [5.74, 6) is 2.40. The third-order valence-electron chi connectivity index (χ3n) is 8.76. The zero-order valence-corrected chi connectivity index (χ0v) is 25.7. The van der Waals surface area contributed by atoms with Gasteiger partial charge in [0, 0.05) is 48.6 Å². The predicted octanol–water partition coefficient (Wildman–Crippen LogP) is 6.39. The second-order valence-electron chi connectivity index (χ2n) is 11.7. The van der Waals surface area contributed by atoms with Crippen molar-refractivity contribution in [1.29, 1.82) is 0 Å². The lowest BCUT2D eigenvalue weighted by atomic mass is 10.0. The quantitative estimate of drug-likeness (QED) is 0.188. The molecule has 8 nitrogen and oxygen atoms in total. The Morgan fingerprint density at radius 2 is 1.57 bits per heavy atom. The van der Waals surface area contributed by atoms with Crippen LogP contribution < -0.4 is 19.5 Å². The molecule has 0 unspecified atom stereocenters. The fraction of sp³-hybridized carbons (Fsp3) is 0.429. The molecule has 1 N–H and O–H groups in total. The number of benzene rings is 3. The first-order valence-electron chi connectivity index (χ1n) is 15.7. The second-order valence-corrected chi connectivity index (χ2v) is 11.7. The van der Waals surface area contributed by atoms with Gasteiger partial charge in [0.15, 0.2) is 17.4 Å². The minimum Gasteiger partial charge on any atom is -0.497 e. The largest absolute Gasteiger partial charge is 0.497 e. The average Bonchev–Trinajstić information content (AvgIpc) is 3.58. The first-order valence-corrected chi connectivity index (χ1v) is 15.7. The molecule has 2 aliphatic heterocycles. The zero-order valence-electron chi connectivity index (χ0n) is 25.7. The van der Waals surface area contributed by atoms with Gasteiger partial charge >= 0.3 is 0 Å². The topological polar surface area (TPSA) is 72.0 Å². The normalized spacial score (nSPS) is 16.3. The molecule has 2 saturated heterocycles. The molecule has 2 fully saturated rings. The van der Waals surface area contributed by atoms with E-state index in [4.69, 9.17) is 14.2 Å². The van der Waals surface area contributed by atoms with E-state index in [1.165, 1.54) is 25.9 Å². The highest BCUT2D eigenvalue weighted by atomic mass is 19.1. The summed E-state index contributed by atoms with van der Waals surface area (Å²) in [6.07, 6.45) is 5.40. The van der Waals surface area contributed by atoms with E-state index in [0.717, 1.165) is 90.4 Å². The molecule has 44 heavy (non-hydrogen) atoms. The Kier molecular flexibility index (Phi) is 9.73. The Hall–Kier alpha value is -3.95. The number of piperidine rings is 1. The molecule has 4 aromatic rings.